The van der Waals surface area contributed by atoms with Crippen molar-refractivity contribution in [1.82, 2.24) is 5.32 Å². The van der Waals surface area contributed by atoms with Gasteiger partial charge in [0.2, 0.25) is 0 Å². The molecule has 1 aliphatic heterocycles. The third kappa shape index (κ3) is 2.52. The third-order valence-corrected chi connectivity index (χ3v) is 5.17. The van der Waals surface area contributed by atoms with Crippen molar-refractivity contribution in [2.45, 2.75) is 25.9 Å². The summed E-state index contributed by atoms with van der Waals surface area (Å²) in [4.78, 5) is 19.3. The summed E-state index contributed by atoms with van der Waals surface area (Å²) < 4.78 is 0. The van der Waals surface area contributed by atoms with Crippen molar-refractivity contribution in [3.05, 3.63) is 57.3 Å². The Morgan fingerprint density at radius 2 is 2.09 bits per heavy atom. The summed E-state index contributed by atoms with van der Waals surface area (Å²) in [5.41, 5.74) is 2.53. The summed E-state index contributed by atoms with van der Waals surface area (Å²) in [6.07, 6.45) is 0.699. The quantitative estimate of drug-likeness (QED) is 0.943. The molecule has 1 unspecified atom stereocenters. The Balaban J connectivity index is 1.85. The van der Waals surface area contributed by atoms with Gasteiger partial charge in [-0.25, -0.2) is 0 Å². The average Bonchev–Trinajstić information content (AvgIpc) is 3.12. The van der Waals surface area contributed by atoms with Crippen LogP contribution >= 0.6 is 11.3 Å². The van der Waals surface area contributed by atoms with E-state index in [0.717, 1.165) is 26.6 Å². The van der Waals surface area contributed by atoms with Crippen LogP contribution in [0.1, 0.15) is 39.0 Å². The van der Waals surface area contributed by atoms with E-state index in [9.17, 15) is 4.79 Å². The number of amides is 1. The number of thiophene rings is 1. The number of hydrogen-bond acceptors (Lipinski definition) is 4. The third-order valence-electron chi connectivity index (χ3n) is 3.88. The van der Waals surface area contributed by atoms with Gasteiger partial charge >= 0.3 is 0 Å². The van der Waals surface area contributed by atoms with Crippen molar-refractivity contribution in [2.75, 3.05) is 7.05 Å². The van der Waals surface area contributed by atoms with Crippen LogP contribution in [0.15, 0.2) is 41.6 Å². The van der Waals surface area contributed by atoms with E-state index >= 15 is 0 Å². The van der Waals surface area contributed by atoms with E-state index in [1.54, 1.807) is 7.05 Å². The summed E-state index contributed by atoms with van der Waals surface area (Å²) in [7, 11) is 1.64. The van der Waals surface area contributed by atoms with E-state index in [4.69, 9.17) is 4.84 Å². The average molecular weight is 314 g/mol. The highest BCUT2D eigenvalue weighted by Crippen LogP contribution is 2.37. The number of oxime groups is 1. The van der Waals surface area contributed by atoms with Crippen LogP contribution in [0.2, 0.25) is 0 Å². The second kappa shape index (κ2) is 5.57. The molecule has 114 valence electrons. The van der Waals surface area contributed by atoms with Gasteiger partial charge in [-0.2, -0.15) is 0 Å². The maximum atomic E-state index is 11.8. The molecule has 0 radical (unpaired) electrons. The minimum atomic E-state index is -0.443. The Hall–Kier alpha value is -2.14. The number of benzene rings is 1. The van der Waals surface area contributed by atoms with Crippen molar-refractivity contribution in [1.29, 1.82) is 0 Å². The van der Waals surface area contributed by atoms with Crippen LogP contribution in [0.25, 0.3) is 0 Å². The van der Waals surface area contributed by atoms with E-state index in [-0.39, 0.29) is 5.91 Å². The summed E-state index contributed by atoms with van der Waals surface area (Å²) in [6.45, 7) is 3.98. The summed E-state index contributed by atoms with van der Waals surface area (Å²) in [5.74, 6) is -0.0564. The summed E-state index contributed by atoms with van der Waals surface area (Å²) >= 11 is 1.46. The molecule has 0 bridgehead atoms. The largest absolute Gasteiger partial charge is 0.384 e. The Bertz CT molecular complexity index is 736. The zero-order valence-electron chi connectivity index (χ0n) is 12.8. The Morgan fingerprint density at radius 1 is 1.36 bits per heavy atom. The summed E-state index contributed by atoms with van der Waals surface area (Å²) in [5, 5.41) is 6.94. The van der Waals surface area contributed by atoms with Crippen molar-refractivity contribution in [3.8, 4) is 0 Å². The van der Waals surface area contributed by atoms with E-state index < -0.39 is 5.60 Å². The fourth-order valence-electron chi connectivity index (χ4n) is 2.58. The number of carbonyl (C=O) groups excluding carboxylic acids is 1. The molecule has 0 saturated heterocycles. The Kier molecular flexibility index (Phi) is 3.74. The second-order valence-electron chi connectivity index (χ2n) is 5.60. The molecule has 2 heterocycles. The molecular formula is C17H18N2O2S. The van der Waals surface area contributed by atoms with Gasteiger partial charge in [-0.05, 0) is 31.0 Å². The van der Waals surface area contributed by atoms with Gasteiger partial charge in [0.1, 0.15) is 5.71 Å². The molecule has 0 spiro atoms. The highest BCUT2D eigenvalue weighted by Gasteiger charge is 2.37. The van der Waals surface area contributed by atoms with Crippen LogP contribution in [0.4, 0.5) is 0 Å². The minimum Gasteiger partial charge on any atom is -0.384 e. The Labute approximate surface area is 133 Å². The van der Waals surface area contributed by atoms with Gasteiger partial charge < -0.3 is 10.2 Å². The van der Waals surface area contributed by atoms with Gasteiger partial charge in [0.25, 0.3) is 5.91 Å². The molecule has 2 aromatic rings. The van der Waals surface area contributed by atoms with Gasteiger partial charge in [-0.15, -0.1) is 11.3 Å². The molecule has 1 atom stereocenters. The fourth-order valence-corrected chi connectivity index (χ4v) is 3.68. The molecule has 1 amide bonds. The number of hydrogen-bond donors (Lipinski definition) is 1. The Morgan fingerprint density at radius 3 is 2.77 bits per heavy atom. The highest BCUT2D eigenvalue weighted by molar-refractivity contribution is 7.16. The molecule has 0 aliphatic carbocycles. The maximum Gasteiger partial charge on any atom is 0.261 e. The molecular weight excluding hydrogens is 296 g/mol. The molecule has 1 aliphatic rings. The minimum absolute atomic E-state index is 0.0564. The monoisotopic (exact) mass is 314 g/mol. The lowest BCUT2D eigenvalue weighted by Crippen LogP contribution is -2.21. The number of rotatable bonds is 3. The van der Waals surface area contributed by atoms with E-state index in [1.807, 2.05) is 50.2 Å². The lowest BCUT2D eigenvalue weighted by molar-refractivity contribution is -0.00738. The van der Waals surface area contributed by atoms with Crippen molar-refractivity contribution < 1.29 is 9.63 Å². The SMILES string of the molecule is CNC(=O)c1sc(C2=NOC(C)(c3ccccc3)C2)cc1C. The fraction of sp³-hybridized carbons (Fsp3) is 0.294. The summed E-state index contributed by atoms with van der Waals surface area (Å²) in [6, 6.07) is 12.1. The predicted octanol–water partition coefficient (Wildman–Crippen LogP) is 3.46. The standard InChI is InChI=1S/C17H18N2O2S/c1-11-9-14(22-15(11)16(20)18-3)13-10-17(2,21-19-13)12-7-5-4-6-8-12/h4-9H,10H2,1-3H3,(H,18,20). The van der Waals surface area contributed by atoms with Crippen LogP contribution < -0.4 is 5.32 Å². The second-order valence-corrected chi connectivity index (χ2v) is 6.66. The molecule has 3 rings (SSSR count). The van der Waals surface area contributed by atoms with Crippen molar-refractivity contribution in [3.63, 3.8) is 0 Å². The first-order chi connectivity index (χ1) is 10.5. The topological polar surface area (TPSA) is 50.7 Å². The van der Waals surface area contributed by atoms with Crippen molar-refractivity contribution >= 4 is 23.0 Å². The smallest absolute Gasteiger partial charge is 0.261 e. The number of aryl methyl sites for hydroxylation is 1. The van der Waals surface area contributed by atoms with Gasteiger partial charge in [0.15, 0.2) is 5.60 Å². The first-order valence-corrected chi connectivity index (χ1v) is 7.98. The van der Waals surface area contributed by atoms with Crippen LogP contribution in [0, 0.1) is 6.92 Å². The van der Waals surface area contributed by atoms with Gasteiger partial charge in [0, 0.05) is 13.5 Å². The van der Waals surface area contributed by atoms with Crippen LogP contribution in [0.5, 0.6) is 0 Å². The maximum absolute atomic E-state index is 11.8. The first kappa shape index (κ1) is 14.8. The van der Waals surface area contributed by atoms with Crippen LogP contribution in [-0.4, -0.2) is 18.7 Å². The molecule has 4 nitrogen and oxygen atoms in total. The molecule has 1 aromatic carbocycles. The first-order valence-electron chi connectivity index (χ1n) is 7.17. The van der Waals surface area contributed by atoms with Crippen molar-refractivity contribution in [2.24, 2.45) is 5.16 Å². The van der Waals surface area contributed by atoms with Gasteiger partial charge in [0.05, 0.1) is 9.75 Å². The van der Waals surface area contributed by atoms with Gasteiger partial charge in [-0.3, -0.25) is 4.79 Å². The highest BCUT2D eigenvalue weighted by atomic mass is 32.1. The van der Waals surface area contributed by atoms with E-state index in [2.05, 4.69) is 10.5 Å². The molecule has 0 saturated carbocycles. The molecule has 1 N–H and O–H groups in total. The number of nitrogens with zero attached hydrogens (tertiary/aromatic N) is 1. The normalized spacial score (nSPS) is 20.4. The van der Waals surface area contributed by atoms with Gasteiger partial charge in [-0.1, -0.05) is 35.5 Å². The number of carbonyl (C=O) groups is 1. The zero-order valence-corrected chi connectivity index (χ0v) is 13.7. The van der Waals surface area contributed by atoms with Crippen LogP contribution in [-0.2, 0) is 10.4 Å². The lowest BCUT2D eigenvalue weighted by atomic mass is 9.90. The zero-order chi connectivity index (χ0) is 15.7. The van der Waals surface area contributed by atoms with E-state index in [1.165, 1.54) is 11.3 Å². The molecule has 1 aromatic heterocycles. The van der Waals surface area contributed by atoms with E-state index in [0.29, 0.717) is 6.42 Å². The predicted molar refractivity (Wildman–Crippen MR) is 88.5 cm³/mol. The molecule has 0 fully saturated rings. The number of nitrogens with one attached hydrogen (secondary N) is 1. The molecule has 22 heavy (non-hydrogen) atoms. The lowest BCUT2D eigenvalue weighted by Gasteiger charge is -2.21. The molecule has 5 heteroatoms. The van der Waals surface area contributed by atoms with Crippen LogP contribution in [0.3, 0.4) is 0 Å².